The van der Waals surface area contributed by atoms with E-state index >= 15 is 0 Å². The van der Waals surface area contributed by atoms with Gasteiger partial charge in [0.05, 0.1) is 18.3 Å². The lowest BCUT2D eigenvalue weighted by Gasteiger charge is -2.05. The molecule has 0 unspecified atom stereocenters. The summed E-state index contributed by atoms with van der Waals surface area (Å²) in [5, 5.41) is 7.64. The molecule has 0 fully saturated rings. The Morgan fingerprint density at radius 2 is 1.92 bits per heavy atom. The van der Waals surface area contributed by atoms with Crippen molar-refractivity contribution in [3.63, 3.8) is 0 Å². The maximum atomic E-state index is 12.1. The number of anilines is 2. The van der Waals surface area contributed by atoms with Gasteiger partial charge in [-0.1, -0.05) is 19.1 Å². The summed E-state index contributed by atoms with van der Waals surface area (Å²) >= 11 is 1.25. The number of carbonyl (C=O) groups is 2. The Morgan fingerprint density at radius 1 is 1.12 bits per heavy atom. The number of aromatic nitrogens is 3. The highest BCUT2D eigenvalue weighted by Crippen LogP contribution is 2.17. The van der Waals surface area contributed by atoms with Gasteiger partial charge in [-0.3, -0.25) is 19.9 Å². The highest BCUT2D eigenvalue weighted by molar-refractivity contribution is 7.14. The predicted molar refractivity (Wildman–Crippen MR) is 100 cm³/mol. The van der Waals surface area contributed by atoms with E-state index in [1.54, 1.807) is 5.38 Å². The van der Waals surface area contributed by atoms with Gasteiger partial charge in [0.1, 0.15) is 5.69 Å². The topological polar surface area (TPSA) is 96.9 Å². The second-order valence-corrected chi connectivity index (χ2v) is 6.32. The van der Waals surface area contributed by atoms with Crippen LogP contribution in [-0.2, 0) is 17.6 Å². The van der Waals surface area contributed by atoms with Crippen LogP contribution in [0, 0.1) is 0 Å². The van der Waals surface area contributed by atoms with Crippen molar-refractivity contribution in [1.29, 1.82) is 0 Å². The van der Waals surface area contributed by atoms with Crippen LogP contribution in [0.2, 0.25) is 0 Å². The first kappa shape index (κ1) is 17.7. The van der Waals surface area contributed by atoms with Gasteiger partial charge in [0.15, 0.2) is 5.13 Å². The van der Waals surface area contributed by atoms with E-state index in [1.807, 2.05) is 24.3 Å². The highest BCUT2D eigenvalue weighted by atomic mass is 32.1. The molecule has 0 aliphatic carbocycles. The fourth-order valence-corrected chi connectivity index (χ4v) is 2.92. The SMILES string of the molecule is CCc1ccc(NC(=O)Cc2csc(NC(=O)c3cnccn3)n2)cc1. The molecule has 0 bridgehead atoms. The summed E-state index contributed by atoms with van der Waals surface area (Å²) in [5.74, 6) is -0.550. The van der Waals surface area contributed by atoms with E-state index in [9.17, 15) is 9.59 Å². The Labute approximate surface area is 154 Å². The van der Waals surface area contributed by atoms with Gasteiger partial charge in [-0.2, -0.15) is 0 Å². The van der Waals surface area contributed by atoms with Crippen LogP contribution in [-0.4, -0.2) is 26.8 Å². The number of aryl methyl sites for hydroxylation is 1. The van der Waals surface area contributed by atoms with Crippen molar-refractivity contribution in [1.82, 2.24) is 15.0 Å². The largest absolute Gasteiger partial charge is 0.326 e. The molecule has 3 rings (SSSR count). The monoisotopic (exact) mass is 367 g/mol. The van der Waals surface area contributed by atoms with Crippen molar-refractivity contribution in [3.8, 4) is 0 Å². The third-order valence-electron chi connectivity index (χ3n) is 3.56. The molecule has 1 aromatic carbocycles. The molecule has 0 radical (unpaired) electrons. The first-order chi connectivity index (χ1) is 12.6. The molecule has 2 N–H and O–H groups in total. The van der Waals surface area contributed by atoms with Gasteiger partial charge < -0.3 is 5.32 Å². The van der Waals surface area contributed by atoms with Crippen LogP contribution in [0.1, 0.15) is 28.7 Å². The van der Waals surface area contributed by atoms with Gasteiger partial charge in [-0.15, -0.1) is 11.3 Å². The summed E-state index contributed by atoms with van der Waals surface area (Å²) in [4.78, 5) is 36.2. The summed E-state index contributed by atoms with van der Waals surface area (Å²) < 4.78 is 0. The molecular weight excluding hydrogens is 350 g/mol. The van der Waals surface area contributed by atoms with Gasteiger partial charge in [0.2, 0.25) is 5.91 Å². The molecule has 3 aromatic rings. The second kappa shape index (κ2) is 8.30. The van der Waals surface area contributed by atoms with Crippen molar-refractivity contribution in [2.75, 3.05) is 10.6 Å². The Balaban J connectivity index is 1.55. The molecule has 0 saturated carbocycles. The normalized spacial score (nSPS) is 10.3. The van der Waals surface area contributed by atoms with E-state index in [2.05, 4.69) is 32.5 Å². The minimum Gasteiger partial charge on any atom is -0.326 e. The number of rotatable bonds is 6. The lowest BCUT2D eigenvalue weighted by molar-refractivity contribution is -0.115. The predicted octanol–water partition coefficient (Wildman–Crippen LogP) is 2.93. The number of thiazole rings is 1. The molecule has 132 valence electrons. The average molecular weight is 367 g/mol. The van der Waals surface area contributed by atoms with Crippen LogP contribution in [0.5, 0.6) is 0 Å². The quantitative estimate of drug-likeness (QED) is 0.698. The number of benzene rings is 1. The molecule has 8 heteroatoms. The summed E-state index contributed by atoms with van der Waals surface area (Å²) in [7, 11) is 0. The molecule has 0 aliphatic rings. The Bertz CT molecular complexity index is 893. The van der Waals surface area contributed by atoms with Gasteiger partial charge >= 0.3 is 0 Å². The number of amides is 2. The van der Waals surface area contributed by atoms with E-state index in [0.717, 1.165) is 12.1 Å². The van der Waals surface area contributed by atoms with Gasteiger partial charge in [0, 0.05) is 23.5 Å². The average Bonchev–Trinajstić information content (AvgIpc) is 3.09. The van der Waals surface area contributed by atoms with Crippen LogP contribution < -0.4 is 10.6 Å². The summed E-state index contributed by atoms with van der Waals surface area (Å²) in [6, 6.07) is 7.73. The zero-order valence-corrected chi connectivity index (χ0v) is 14.9. The van der Waals surface area contributed by atoms with E-state index in [1.165, 1.54) is 35.5 Å². The molecule has 0 atom stereocenters. The summed E-state index contributed by atoms with van der Waals surface area (Å²) in [6.07, 6.45) is 5.40. The molecule has 0 saturated heterocycles. The maximum Gasteiger partial charge on any atom is 0.277 e. The molecule has 0 spiro atoms. The van der Waals surface area contributed by atoms with E-state index < -0.39 is 0 Å². The minimum atomic E-state index is -0.389. The minimum absolute atomic E-state index is 0.132. The van der Waals surface area contributed by atoms with Crippen molar-refractivity contribution < 1.29 is 9.59 Å². The van der Waals surface area contributed by atoms with Crippen molar-refractivity contribution in [2.45, 2.75) is 19.8 Å². The van der Waals surface area contributed by atoms with E-state index in [4.69, 9.17) is 0 Å². The molecular formula is C18H17N5O2S. The lowest BCUT2D eigenvalue weighted by Crippen LogP contribution is -2.15. The van der Waals surface area contributed by atoms with Gasteiger partial charge in [0.25, 0.3) is 5.91 Å². The van der Waals surface area contributed by atoms with Crippen LogP contribution >= 0.6 is 11.3 Å². The zero-order chi connectivity index (χ0) is 18.4. The van der Waals surface area contributed by atoms with Gasteiger partial charge in [-0.25, -0.2) is 9.97 Å². The number of nitrogens with one attached hydrogen (secondary N) is 2. The molecule has 2 amide bonds. The van der Waals surface area contributed by atoms with Crippen LogP contribution in [0.3, 0.4) is 0 Å². The highest BCUT2D eigenvalue weighted by Gasteiger charge is 2.12. The molecule has 2 heterocycles. The van der Waals surface area contributed by atoms with E-state index in [0.29, 0.717) is 10.8 Å². The number of carbonyl (C=O) groups excluding carboxylic acids is 2. The van der Waals surface area contributed by atoms with Crippen molar-refractivity contribution >= 4 is 34.0 Å². The third-order valence-corrected chi connectivity index (χ3v) is 4.36. The van der Waals surface area contributed by atoms with Crippen LogP contribution in [0.15, 0.2) is 48.2 Å². The standard InChI is InChI=1S/C18H17N5O2S/c1-2-12-3-5-13(6-4-12)21-16(24)9-14-11-26-18(22-14)23-17(25)15-10-19-7-8-20-15/h3-8,10-11H,2,9H2,1H3,(H,21,24)(H,22,23,25). The number of hydrogen-bond acceptors (Lipinski definition) is 6. The zero-order valence-electron chi connectivity index (χ0n) is 14.1. The lowest BCUT2D eigenvalue weighted by atomic mass is 10.1. The van der Waals surface area contributed by atoms with Crippen molar-refractivity contribution in [2.24, 2.45) is 0 Å². The fraction of sp³-hybridized carbons (Fsp3) is 0.167. The van der Waals surface area contributed by atoms with Crippen LogP contribution in [0.4, 0.5) is 10.8 Å². The first-order valence-electron chi connectivity index (χ1n) is 8.04. The Morgan fingerprint density at radius 3 is 2.62 bits per heavy atom. The third kappa shape index (κ3) is 4.70. The fourth-order valence-electron chi connectivity index (χ4n) is 2.22. The second-order valence-electron chi connectivity index (χ2n) is 5.46. The number of nitrogens with zero attached hydrogens (tertiary/aromatic N) is 3. The Kier molecular flexibility index (Phi) is 5.65. The maximum absolute atomic E-state index is 12.1. The first-order valence-corrected chi connectivity index (χ1v) is 8.92. The van der Waals surface area contributed by atoms with Crippen LogP contribution in [0.25, 0.3) is 0 Å². The molecule has 26 heavy (non-hydrogen) atoms. The van der Waals surface area contributed by atoms with E-state index in [-0.39, 0.29) is 23.9 Å². The smallest absolute Gasteiger partial charge is 0.277 e. The molecule has 7 nitrogen and oxygen atoms in total. The molecule has 2 aromatic heterocycles. The summed E-state index contributed by atoms with van der Waals surface area (Å²) in [5.41, 5.74) is 2.76. The summed E-state index contributed by atoms with van der Waals surface area (Å²) in [6.45, 7) is 2.08. The molecule has 0 aliphatic heterocycles. The Hall–Kier alpha value is -3.13. The van der Waals surface area contributed by atoms with Crippen molar-refractivity contribution in [3.05, 3.63) is 65.2 Å². The number of hydrogen-bond donors (Lipinski definition) is 2. The van der Waals surface area contributed by atoms with Gasteiger partial charge in [-0.05, 0) is 24.1 Å².